The predicted octanol–water partition coefficient (Wildman–Crippen LogP) is 3.18. The SMILES string of the molecule is COc1ccc(CNC(=O)c2ccc3cnc(Nc4ccnn4C)nc3c2)cc1F. The number of carbonyl (C=O) groups excluding carboxylic acids is 1. The number of fused-ring (bicyclic) bond motifs is 1. The minimum absolute atomic E-state index is 0.162. The molecule has 0 radical (unpaired) electrons. The minimum atomic E-state index is -0.472. The van der Waals surface area contributed by atoms with E-state index < -0.39 is 5.82 Å². The number of nitrogens with one attached hydrogen (secondary N) is 2. The summed E-state index contributed by atoms with van der Waals surface area (Å²) in [5.41, 5.74) is 1.70. The summed E-state index contributed by atoms with van der Waals surface area (Å²) in [4.78, 5) is 21.3. The molecule has 2 heterocycles. The number of anilines is 2. The van der Waals surface area contributed by atoms with Crippen molar-refractivity contribution in [2.45, 2.75) is 6.54 Å². The molecule has 0 aliphatic carbocycles. The molecule has 2 aromatic heterocycles. The Morgan fingerprint density at radius 3 is 2.80 bits per heavy atom. The largest absolute Gasteiger partial charge is 0.494 e. The number of hydrogen-bond acceptors (Lipinski definition) is 6. The molecule has 0 aliphatic rings. The maximum Gasteiger partial charge on any atom is 0.251 e. The van der Waals surface area contributed by atoms with Crippen LogP contribution in [0.1, 0.15) is 15.9 Å². The number of halogens is 1. The van der Waals surface area contributed by atoms with Gasteiger partial charge < -0.3 is 15.4 Å². The third-order valence-corrected chi connectivity index (χ3v) is 4.57. The summed E-state index contributed by atoms with van der Waals surface area (Å²) in [6.07, 6.45) is 3.35. The number of amides is 1. The van der Waals surface area contributed by atoms with Gasteiger partial charge in [0.25, 0.3) is 5.91 Å². The average Bonchev–Trinajstić information content (AvgIpc) is 3.16. The molecule has 0 unspecified atom stereocenters. The Balaban J connectivity index is 1.49. The normalized spacial score (nSPS) is 10.8. The topological polar surface area (TPSA) is 94.0 Å². The summed E-state index contributed by atoms with van der Waals surface area (Å²) in [7, 11) is 3.21. The van der Waals surface area contributed by atoms with E-state index in [0.717, 1.165) is 11.2 Å². The van der Waals surface area contributed by atoms with E-state index in [-0.39, 0.29) is 18.2 Å². The molecule has 0 spiro atoms. The highest BCUT2D eigenvalue weighted by Gasteiger charge is 2.10. The molecule has 0 saturated heterocycles. The van der Waals surface area contributed by atoms with Crippen molar-refractivity contribution >= 4 is 28.6 Å². The number of carbonyl (C=O) groups is 1. The van der Waals surface area contributed by atoms with Gasteiger partial charge in [0, 0.05) is 36.8 Å². The van der Waals surface area contributed by atoms with Crippen molar-refractivity contribution < 1.29 is 13.9 Å². The molecular formula is C21H19FN6O2. The first kappa shape index (κ1) is 19.3. The van der Waals surface area contributed by atoms with Gasteiger partial charge in [0.2, 0.25) is 5.95 Å². The van der Waals surface area contributed by atoms with Gasteiger partial charge in [-0.1, -0.05) is 12.1 Å². The third kappa shape index (κ3) is 4.04. The lowest BCUT2D eigenvalue weighted by Crippen LogP contribution is -2.22. The molecular weight excluding hydrogens is 387 g/mol. The molecule has 4 rings (SSSR count). The monoisotopic (exact) mass is 406 g/mol. The van der Waals surface area contributed by atoms with Crippen LogP contribution in [0.4, 0.5) is 16.2 Å². The maximum absolute atomic E-state index is 13.8. The zero-order chi connectivity index (χ0) is 21.1. The lowest BCUT2D eigenvalue weighted by molar-refractivity contribution is 0.0951. The first-order valence-electron chi connectivity index (χ1n) is 9.16. The van der Waals surface area contributed by atoms with E-state index in [1.165, 1.54) is 19.2 Å². The number of methoxy groups -OCH3 is 1. The molecule has 2 N–H and O–H groups in total. The Labute approximate surface area is 171 Å². The molecule has 8 nitrogen and oxygen atoms in total. The Bertz CT molecular complexity index is 1220. The van der Waals surface area contributed by atoms with E-state index in [1.807, 2.05) is 0 Å². The van der Waals surface area contributed by atoms with E-state index in [4.69, 9.17) is 4.74 Å². The highest BCUT2D eigenvalue weighted by molar-refractivity contribution is 5.97. The molecule has 1 amide bonds. The molecule has 4 aromatic rings. The summed E-state index contributed by atoms with van der Waals surface area (Å²) >= 11 is 0. The summed E-state index contributed by atoms with van der Waals surface area (Å²) in [5.74, 6) is 0.551. The van der Waals surface area contributed by atoms with Crippen LogP contribution in [0.25, 0.3) is 10.9 Å². The van der Waals surface area contributed by atoms with Crippen LogP contribution in [0.5, 0.6) is 5.75 Å². The number of aryl methyl sites for hydroxylation is 1. The standard InChI is InChI=1S/C21H19FN6O2/c1-28-19(7-8-25-28)27-21-24-12-15-5-4-14(10-17(15)26-21)20(29)23-11-13-3-6-18(30-2)16(22)9-13/h3-10,12H,11H2,1-2H3,(H,23,29)(H,24,26,27). The number of hydrogen-bond donors (Lipinski definition) is 2. The molecule has 0 fully saturated rings. The highest BCUT2D eigenvalue weighted by Crippen LogP contribution is 2.19. The molecule has 152 valence electrons. The van der Waals surface area contributed by atoms with Crippen molar-refractivity contribution in [2.75, 3.05) is 12.4 Å². The third-order valence-electron chi connectivity index (χ3n) is 4.57. The fraction of sp³-hybridized carbons (Fsp3) is 0.143. The van der Waals surface area contributed by atoms with Crippen molar-refractivity contribution in [1.29, 1.82) is 0 Å². The van der Waals surface area contributed by atoms with E-state index in [1.54, 1.807) is 54.5 Å². The minimum Gasteiger partial charge on any atom is -0.494 e. The summed E-state index contributed by atoms with van der Waals surface area (Å²) < 4.78 is 20.4. The van der Waals surface area contributed by atoms with Gasteiger partial charge in [0.1, 0.15) is 5.82 Å². The van der Waals surface area contributed by atoms with E-state index >= 15 is 0 Å². The van der Waals surface area contributed by atoms with Crippen molar-refractivity contribution in [2.24, 2.45) is 7.05 Å². The molecule has 0 saturated carbocycles. The summed E-state index contributed by atoms with van der Waals surface area (Å²) in [6, 6.07) is 11.5. The van der Waals surface area contributed by atoms with E-state index in [0.29, 0.717) is 22.6 Å². The second-order valence-corrected chi connectivity index (χ2v) is 6.58. The van der Waals surface area contributed by atoms with Gasteiger partial charge in [0.05, 0.1) is 18.8 Å². The second kappa shape index (κ2) is 8.16. The number of aromatic nitrogens is 4. The number of ether oxygens (including phenoxy) is 1. The number of benzene rings is 2. The van der Waals surface area contributed by atoms with Crippen LogP contribution in [0.2, 0.25) is 0 Å². The molecule has 9 heteroatoms. The van der Waals surface area contributed by atoms with Gasteiger partial charge >= 0.3 is 0 Å². The van der Waals surface area contributed by atoms with Gasteiger partial charge in [0.15, 0.2) is 11.6 Å². The van der Waals surface area contributed by atoms with Gasteiger partial charge in [-0.2, -0.15) is 5.10 Å². The number of nitrogens with zero attached hydrogens (tertiary/aromatic N) is 4. The zero-order valence-corrected chi connectivity index (χ0v) is 16.4. The summed E-state index contributed by atoms with van der Waals surface area (Å²) in [6.45, 7) is 0.189. The first-order valence-corrected chi connectivity index (χ1v) is 9.16. The van der Waals surface area contributed by atoms with Crippen LogP contribution in [0.3, 0.4) is 0 Å². The quantitative estimate of drug-likeness (QED) is 0.511. The average molecular weight is 406 g/mol. The Hall–Kier alpha value is -4.01. The van der Waals surface area contributed by atoms with Crippen molar-refractivity contribution in [1.82, 2.24) is 25.1 Å². The van der Waals surface area contributed by atoms with Gasteiger partial charge in [-0.15, -0.1) is 0 Å². The predicted molar refractivity (Wildman–Crippen MR) is 110 cm³/mol. The zero-order valence-electron chi connectivity index (χ0n) is 16.4. The van der Waals surface area contributed by atoms with Crippen molar-refractivity contribution in [3.8, 4) is 5.75 Å². The van der Waals surface area contributed by atoms with Crippen LogP contribution in [-0.2, 0) is 13.6 Å². The molecule has 30 heavy (non-hydrogen) atoms. The van der Waals surface area contributed by atoms with Gasteiger partial charge in [-0.25, -0.2) is 14.4 Å². The number of rotatable bonds is 6. The smallest absolute Gasteiger partial charge is 0.251 e. The van der Waals surface area contributed by atoms with Crippen LogP contribution < -0.4 is 15.4 Å². The molecule has 0 bridgehead atoms. The van der Waals surface area contributed by atoms with Crippen LogP contribution >= 0.6 is 0 Å². The molecule has 0 aliphatic heterocycles. The van der Waals surface area contributed by atoms with Crippen LogP contribution in [0.15, 0.2) is 54.9 Å². The maximum atomic E-state index is 13.8. The Morgan fingerprint density at radius 1 is 1.20 bits per heavy atom. The van der Waals surface area contributed by atoms with E-state index in [9.17, 15) is 9.18 Å². The van der Waals surface area contributed by atoms with Crippen molar-refractivity contribution in [3.05, 3.63) is 71.8 Å². The fourth-order valence-corrected chi connectivity index (χ4v) is 2.94. The van der Waals surface area contributed by atoms with Crippen molar-refractivity contribution in [3.63, 3.8) is 0 Å². The Kier molecular flexibility index (Phi) is 5.25. The Morgan fingerprint density at radius 2 is 2.07 bits per heavy atom. The lowest BCUT2D eigenvalue weighted by atomic mass is 10.1. The second-order valence-electron chi connectivity index (χ2n) is 6.58. The lowest BCUT2D eigenvalue weighted by Gasteiger charge is -2.09. The van der Waals surface area contributed by atoms with E-state index in [2.05, 4.69) is 25.7 Å². The first-order chi connectivity index (χ1) is 14.5. The molecule has 0 atom stereocenters. The van der Waals surface area contributed by atoms with Gasteiger partial charge in [-0.3, -0.25) is 9.48 Å². The fourth-order valence-electron chi connectivity index (χ4n) is 2.94. The summed E-state index contributed by atoms with van der Waals surface area (Å²) in [5, 5.41) is 10.8. The van der Waals surface area contributed by atoms with Crippen LogP contribution in [-0.4, -0.2) is 32.8 Å². The van der Waals surface area contributed by atoms with Gasteiger partial charge in [-0.05, 0) is 29.8 Å². The van der Waals surface area contributed by atoms with Crippen LogP contribution in [0, 0.1) is 5.82 Å². The molecule has 2 aromatic carbocycles. The highest BCUT2D eigenvalue weighted by atomic mass is 19.1.